The van der Waals surface area contributed by atoms with E-state index in [4.69, 9.17) is 23.2 Å². The van der Waals surface area contributed by atoms with Crippen molar-refractivity contribution in [2.24, 2.45) is 5.92 Å². The number of aromatic amines is 1. The normalized spacial score (nSPS) is 18.5. The number of halogens is 5. The fourth-order valence-electron chi connectivity index (χ4n) is 4.27. The highest BCUT2D eigenvalue weighted by Gasteiger charge is 2.32. The van der Waals surface area contributed by atoms with Gasteiger partial charge in [0.2, 0.25) is 0 Å². The van der Waals surface area contributed by atoms with Gasteiger partial charge in [-0.3, -0.25) is 9.89 Å². The van der Waals surface area contributed by atoms with E-state index in [1.165, 1.54) is 0 Å². The summed E-state index contributed by atoms with van der Waals surface area (Å²) in [6.07, 6.45) is 0.303. The van der Waals surface area contributed by atoms with Crippen molar-refractivity contribution in [2.75, 3.05) is 11.4 Å². The molecule has 1 aromatic heterocycles. The van der Waals surface area contributed by atoms with E-state index >= 15 is 0 Å². The first-order valence-electron chi connectivity index (χ1n) is 10.9. The molecule has 1 heterocycles. The van der Waals surface area contributed by atoms with Crippen molar-refractivity contribution < 1.29 is 18.0 Å². The number of alkyl halides is 3. The number of hydrogen-bond donors (Lipinski definition) is 2. The number of benzene rings is 2. The Morgan fingerprint density at radius 1 is 1.09 bits per heavy atom. The Hall–Kier alpha value is -2.71. The van der Waals surface area contributed by atoms with Gasteiger partial charge in [0.15, 0.2) is 0 Å². The maximum Gasteiger partial charge on any atom is 0.416 e. The molecule has 0 spiro atoms. The van der Waals surface area contributed by atoms with Crippen LogP contribution in [0.1, 0.15) is 41.6 Å². The first-order valence-corrected chi connectivity index (χ1v) is 11.7. The first kappa shape index (κ1) is 24.4. The lowest BCUT2D eigenvalue weighted by Crippen LogP contribution is -2.39. The van der Waals surface area contributed by atoms with Crippen molar-refractivity contribution in [3.8, 4) is 0 Å². The predicted molar refractivity (Wildman–Crippen MR) is 127 cm³/mol. The van der Waals surface area contributed by atoms with Gasteiger partial charge >= 0.3 is 6.18 Å². The molecule has 4 rings (SSSR count). The Kier molecular flexibility index (Phi) is 7.38. The molecule has 0 saturated heterocycles. The van der Waals surface area contributed by atoms with E-state index in [0.29, 0.717) is 10.9 Å². The highest BCUT2D eigenvalue weighted by Crippen LogP contribution is 2.33. The van der Waals surface area contributed by atoms with Crippen molar-refractivity contribution in [2.45, 2.75) is 37.9 Å². The van der Waals surface area contributed by atoms with Gasteiger partial charge in [0.25, 0.3) is 5.91 Å². The molecule has 1 fully saturated rings. The molecule has 1 amide bonds. The number of nitrogens with one attached hydrogen (secondary N) is 2. The van der Waals surface area contributed by atoms with Crippen LogP contribution in [0.2, 0.25) is 10.0 Å². The van der Waals surface area contributed by atoms with Gasteiger partial charge in [-0.1, -0.05) is 29.3 Å². The second kappa shape index (κ2) is 10.3. The lowest BCUT2D eigenvalue weighted by molar-refractivity contribution is -0.137. The maximum atomic E-state index is 13.0. The lowest BCUT2D eigenvalue weighted by atomic mass is 9.85. The van der Waals surface area contributed by atoms with E-state index in [0.717, 1.165) is 61.9 Å². The molecule has 1 saturated carbocycles. The number of nitrogens with zero attached hydrogens (tertiary/aromatic N) is 2. The van der Waals surface area contributed by atoms with E-state index < -0.39 is 17.6 Å². The highest BCUT2D eigenvalue weighted by molar-refractivity contribution is 6.33. The zero-order valence-electron chi connectivity index (χ0n) is 18.1. The third-order valence-corrected chi connectivity index (χ3v) is 6.62. The quantitative estimate of drug-likeness (QED) is 0.380. The van der Waals surface area contributed by atoms with Crippen molar-refractivity contribution in [3.05, 3.63) is 75.9 Å². The SMILES string of the molecule is O=C(NC1CCC(CN(c2cccc(Cl)c2)c2ccn[nH]2)CC1)c1cc(C(F)(F)F)ccc1Cl. The monoisotopic (exact) mass is 510 g/mol. The van der Waals surface area contributed by atoms with Crippen LogP contribution in [0.15, 0.2) is 54.7 Å². The van der Waals surface area contributed by atoms with E-state index in [9.17, 15) is 18.0 Å². The highest BCUT2D eigenvalue weighted by atomic mass is 35.5. The zero-order valence-corrected chi connectivity index (χ0v) is 19.6. The third kappa shape index (κ3) is 5.85. The molecule has 0 aliphatic heterocycles. The summed E-state index contributed by atoms with van der Waals surface area (Å²) in [7, 11) is 0. The van der Waals surface area contributed by atoms with Crippen LogP contribution in [0.3, 0.4) is 0 Å². The van der Waals surface area contributed by atoms with Gasteiger partial charge in [-0.05, 0) is 68.0 Å². The van der Waals surface area contributed by atoms with Crippen LogP contribution in [0, 0.1) is 5.92 Å². The second-order valence-electron chi connectivity index (χ2n) is 8.42. The smallest absolute Gasteiger partial charge is 0.349 e. The molecular weight excluding hydrogens is 488 g/mol. The van der Waals surface area contributed by atoms with E-state index in [-0.39, 0.29) is 16.6 Å². The molecule has 1 aliphatic carbocycles. The van der Waals surface area contributed by atoms with Gasteiger partial charge < -0.3 is 10.2 Å². The third-order valence-electron chi connectivity index (χ3n) is 6.06. The molecule has 0 atom stereocenters. The summed E-state index contributed by atoms with van der Waals surface area (Å²) in [5.74, 6) is 0.627. The van der Waals surface area contributed by atoms with Crippen molar-refractivity contribution in [1.29, 1.82) is 0 Å². The van der Waals surface area contributed by atoms with Gasteiger partial charge in [0.05, 0.1) is 22.3 Å². The molecule has 3 aromatic rings. The standard InChI is InChI=1S/C24H23Cl2F3N4O/c25-17-2-1-3-19(13-17)33(22-10-11-30-32-22)14-15-4-7-18(8-5-15)31-23(34)20-12-16(24(27,28)29)6-9-21(20)26/h1-3,6,9-13,15,18H,4-5,7-8,14H2,(H,30,32)(H,31,34). The van der Waals surface area contributed by atoms with Gasteiger partial charge in [0, 0.05) is 29.4 Å². The molecule has 10 heteroatoms. The van der Waals surface area contributed by atoms with E-state index in [2.05, 4.69) is 20.4 Å². The number of hydrogen-bond acceptors (Lipinski definition) is 3. The summed E-state index contributed by atoms with van der Waals surface area (Å²) in [4.78, 5) is 14.8. The zero-order chi connectivity index (χ0) is 24.3. The molecule has 0 bridgehead atoms. The first-order chi connectivity index (χ1) is 16.2. The van der Waals surface area contributed by atoms with Crippen molar-refractivity contribution in [1.82, 2.24) is 15.5 Å². The van der Waals surface area contributed by atoms with Gasteiger partial charge in [0.1, 0.15) is 5.82 Å². The molecule has 0 radical (unpaired) electrons. The molecular formula is C24H23Cl2F3N4O. The summed E-state index contributed by atoms with van der Waals surface area (Å²) in [6.45, 7) is 0.739. The summed E-state index contributed by atoms with van der Waals surface area (Å²) in [5.41, 5.74) is -0.109. The Labute approximate surface area is 205 Å². The summed E-state index contributed by atoms with van der Waals surface area (Å²) < 4.78 is 39.1. The number of H-pyrrole nitrogens is 1. The van der Waals surface area contributed by atoms with Crippen LogP contribution in [0.4, 0.5) is 24.7 Å². The lowest BCUT2D eigenvalue weighted by Gasteiger charge is -2.33. The van der Waals surface area contributed by atoms with Gasteiger partial charge in [-0.15, -0.1) is 0 Å². The van der Waals surface area contributed by atoms with Crippen LogP contribution < -0.4 is 10.2 Å². The van der Waals surface area contributed by atoms with Crippen LogP contribution >= 0.6 is 23.2 Å². The van der Waals surface area contributed by atoms with E-state index in [1.807, 2.05) is 30.3 Å². The molecule has 2 aromatic carbocycles. The molecule has 34 heavy (non-hydrogen) atoms. The molecule has 0 unspecified atom stereocenters. The average Bonchev–Trinajstić information content (AvgIpc) is 3.32. The van der Waals surface area contributed by atoms with E-state index in [1.54, 1.807) is 6.20 Å². The summed E-state index contributed by atoms with van der Waals surface area (Å²) in [5, 5.41) is 10.6. The summed E-state index contributed by atoms with van der Waals surface area (Å²) >= 11 is 12.2. The Balaban J connectivity index is 1.38. The van der Waals surface area contributed by atoms with Crippen LogP contribution in [-0.4, -0.2) is 28.7 Å². The summed E-state index contributed by atoms with van der Waals surface area (Å²) in [6, 6.07) is 12.1. The number of carbonyl (C=O) groups is 1. The fraction of sp³-hybridized carbons (Fsp3) is 0.333. The van der Waals surface area contributed by atoms with Gasteiger partial charge in [-0.25, -0.2) is 0 Å². The Bertz CT molecular complexity index is 1130. The van der Waals surface area contributed by atoms with Crippen molar-refractivity contribution in [3.63, 3.8) is 0 Å². The molecule has 180 valence electrons. The molecule has 5 nitrogen and oxygen atoms in total. The van der Waals surface area contributed by atoms with Crippen LogP contribution in [0.5, 0.6) is 0 Å². The number of aromatic nitrogens is 2. The van der Waals surface area contributed by atoms with Crippen molar-refractivity contribution >= 4 is 40.6 Å². The Morgan fingerprint density at radius 2 is 1.85 bits per heavy atom. The van der Waals surface area contributed by atoms with Gasteiger partial charge in [-0.2, -0.15) is 18.3 Å². The number of amides is 1. The number of anilines is 2. The molecule has 2 N–H and O–H groups in total. The fourth-order valence-corrected chi connectivity index (χ4v) is 4.66. The number of carbonyl (C=O) groups excluding carboxylic acids is 1. The minimum Gasteiger partial charge on any atom is -0.349 e. The Morgan fingerprint density at radius 3 is 2.50 bits per heavy atom. The number of rotatable bonds is 6. The average molecular weight is 511 g/mol. The maximum absolute atomic E-state index is 13.0. The van der Waals surface area contributed by atoms with Crippen LogP contribution in [-0.2, 0) is 6.18 Å². The predicted octanol–water partition coefficient (Wildman–Crippen LogP) is 6.86. The second-order valence-corrected chi connectivity index (χ2v) is 9.26. The largest absolute Gasteiger partial charge is 0.416 e. The molecule has 1 aliphatic rings. The minimum absolute atomic E-state index is 0.00379. The topological polar surface area (TPSA) is 61.0 Å². The minimum atomic E-state index is -4.54. The van der Waals surface area contributed by atoms with Crippen LogP contribution in [0.25, 0.3) is 0 Å².